The zero-order chi connectivity index (χ0) is 12.8. The number of rotatable bonds is 2. The molecule has 3 aliphatic rings. The van der Waals surface area contributed by atoms with Crippen LogP contribution in [0.3, 0.4) is 0 Å². The van der Waals surface area contributed by atoms with Gasteiger partial charge in [-0.3, -0.25) is 4.79 Å². The van der Waals surface area contributed by atoms with Gasteiger partial charge in [0.25, 0.3) is 0 Å². The number of fused-ring (bicyclic) bond motifs is 2. The van der Waals surface area contributed by atoms with E-state index in [2.05, 4.69) is 0 Å². The minimum absolute atomic E-state index is 0.256. The normalized spacial score (nSPS) is 40.1. The summed E-state index contributed by atoms with van der Waals surface area (Å²) < 4.78 is 4.99. The number of ketones is 1. The molecule has 3 rings (SSSR count). The molecular weight excluding hydrogens is 228 g/mol. The first kappa shape index (κ1) is 11.9. The second kappa shape index (κ2) is 4.22. The van der Waals surface area contributed by atoms with Crippen LogP contribution in [0, 0.1) is 17.3 Å². The summed E-state index contributed by atoms with van der Waals surface area (Å²) in [5.74, 6) is 0.961. The Hall–Kier alpha value is -1.12. The number of esters is 1. The molecule has 0 saturated heterocycles. The van der Waals surface area contributed by atoms with E-state index in [9.17, 15) is 9.59 Å². The van der Waals surface area contributed by atoms with E-state index in [1.807, 2.05) is 6.92 Å². The van der Waals surface area contributed by atoms with Crippen molar-refractivity contribution in [1.82, 2.24) is 0 Å². The van der Waals surface area contributed by atoms with Crippen molar-refractivity contribution in [2.75, 3.05) is 6.61 Å². The summed E-state index contributed by atoms with van der Waals surface area (Å²) in [5.41, 5.74) is 0.808. The van der Waals surface area contributed by atoms with Crippen molar-refractivity contribution in [3.8, 4) is 0 Å². The third-order valence-corrected chi connectivity index (χ3v) is 5.09. The Bertz CT molecular complexity index is 423. The molecule has 3 nitrogen and oxygen atoms in total. The van der Waals surface area contributed by atoms with E-state index in [1.165, 1.54) is 6.42 Å². The van der Waals surface area contributed by atoms with Crippen LogP contribution in [0.4, 0.5) is 0 Å². The highest BCUT2D eigenvalue weighted by Crippen LogP contribution is 2.65. The fourth-order valence-corrected chi connectivity index (χ4v) is 4.45. The summed E-state index contributed by atoms with van der Waals surface area (Å²) in [6.07, 6.45) is 7.92. The first-order valence-electron chi connectivity index (χ1n) is 7.12. The molecule has 3 aliphatic carbocycles. The number of Topliss-reactive ketones (excluding diaryl/α,β-unsaturated/α-hetero) is 1. The molecule has 0 radical (unpaired) electrons. The van der Waals surface area contributed by atoms with Gasteiger partial charge in [0.1, 0.15) is 5.78 Å². The summed E-state index contributed by atoms with van der Waals surface area (Å²) in [5, 5.41) is 0. The molecule has 0 aromatic heterocycles. The van der Waals surface area contributed by atoms with Gasteiger partial charge in [-0.15, -0.1) is 0 Å². The fourth-order valence-electron chi connectivity index (χ4n) is 4.45. The molecule has 3 atom stereocenters. The Morgan fingerprint density at radius 2 is 2.28 bits per heavy atom. The van der Waals surface area contributed by atoms with Crippen molar-refractivity contribution >= 4 is 11.8 Å². The van der Waals surface area contributed by atoms with Gasteiger partial charge in [0.05, 0.1) is 12.0 Å². The number of ether oxygens (including phenoxy) is 1. The zero-order valence-corrected chi connectivity index (χ0v) is 10.9. The molecule has 0 heterocycles. The summed E-state index contributed by atoms with van der Waals surface area (Å²) in [7, 11) is 0. The number of hydrogen-bond donors (Lipinski definition) is 0. The average molecular weight is 248 g/mol. The molecule has 0 aliphatic heterocycles. The monoisotopic (exact) mass is 248 g/mol. The summed E-state index contributed by atoms with van der Waals surface area (Å²) in [6, 6.07) is 0. The number of carbonyl (C=O) groups is 2. The summed E-state index contributed by atoms with van der Waals surface area (Å²) in [4.78, 5) is 24.0. The first-order valence-corrected chi connectivity index (χ1v) is 7.12. The lowest BCUT2D eigenvalue weighted by molar-refractivity contribution is -0.149. The highest BCUT2D eigenvalue weighted by atomic mass is 16.5. The van der Waals surface area contributed by atoms with Crippen LogP contribution in [0.25, 0.3) is 0 Å². The largest absolute Gasteiger partial charge is 0.463 e. The third-order valence-electron chi connectivity index (χ3n) is 5.09. The minimum atomic E-state index is -0.275. The second-order valence-electron chi connectivity index (χ2n) is 5.75. The summed E-state index contributed by atoms with van der Waals surface area (Å²) in [6.45, 7) is 2.21. The van der Waals surface area contributed by atoms with Crippen LogP contribution < -0.4 is 0 Å². The lowest BCUT2D eigenvalue weighted by Crippen LogP contribution is -2.54. The fraction of sp³-hybridized carbons (Fsp3) is 0.733. The number of carbonyl (C=O) groups excluding carboxylic acids is 2. The molecule has 0 aromatic rings. The Kier molecular flexibility index (Phi) is 2.80. The Morgan fingerprint density at radius 3 is 3.06 bits per heavy atom. The van der Waals surface area contributed by atoms with Gasteiger partial charge in [0.2, 0.25) is 0 Å². The van der Waals surface area contributed by atoms with E-state index in [0.29, 0.717) is 24.2 Å². The van der Waals surface area contributed by atoms with Crippen molar-refractivity contribution in [1.29, 1.82) is 0 Å². The standard InChI is InChI=1S/C15H20O3/c1-2-18-13(16)9-10-5-4-8-15(10)12-7-3-6-11(12)14(15)17/h9,11-12H,2-8H2,1H3/b10-9+/t11-,12+,15?/m0/s1. The second-order valence-corrected chi connectivity index (χ2v) is 5.75. The first-order chi connectivity index (χ1) is 8.70. The van der Waals surface area contributed by atoms with Crippen LogP contribution in [-0.4, -0.2) is 18.4 Å². The van der Waals surface area contributed by atoms with Crippen LogP contribution in [0.1, 0.15) is 45.4 Å². The van der Waals surface area contributed by atoms with Gasteiger partial charge in [0, 0.05) is 12.0 Å². The lowest BCUT2D eigenvalue weighted by atomic mass is 9.51. The molecule has 0 bridgehead atoms. The van der Waals surface area contributed by atoms with Crippen molar-refractivity contribution < 1.29 is 14.3 Å². The van der Waals surface area contributed by atoms with Gasteiger partial charge < -0.3 is 4.74 Å². The maximum atomic E-state index is 12.4. The van der Waals surface area contributed by atoms with Crippen molar-refractivity contribution in [2.45, 2.75) is 45.4 Å². The molecule has 0 aromatic carbocycles. The third kappa shape index (κ3) is 1.42. The quantitative estimate of drug-likeness (QED) is 0.557. The molecule has 1 unspecified atom stereocenters. The predicted octanol–water partition coefficient (Wildman–Crippen LogP) is 2.65. The molecule has 1 spiro atoms. The van der Waals surface area contributed by atoms with Crippen LogP contribution in [0.2, 0.25) is 0 Å². The Balaban J connectivity index is 1.87. The van der Waals surface area contributed by atoms with Crippen LogP contribution in [0.15, 0.2) is 11.6 Å². The molecule has 3 saturated carbocycles. The van der Waals surface area contributed by atoms with Gasteiger partial charge in [0.15, 0.2) is 0 Å². The van der Waals surface area contributed by atoms with Crippen LogP contribution in [-0.2, 0) is 14.3 Å². The maximum absolute atomic E-state index is 12.4. The average Bonchev–Trinajstić information content (AvgIpc) is 2.93. The molecule has 98 valence electrons. The van der Waals surface area contributed by atoms with E-state index in [-0.39, 0.29) is 11.4 Å². The smallest absolute Gasteiger partial charge is 0.330 e. The van der Waals surface area contributed by atoms with Crippen LogP contribution >= 0.6 is 0 Å². The topological polar surface area (TPSA) is 43.4 Å². The van der Waals surface area contributed by atoms with Gasteiger partial charge >= 0.3 is 5.97 Å². The molecule has 0 N–H and O–H groups in total. The lowest BCUT2D eigenvalue weighted by Gasteiger charge is -2.49. The van der Waals surface area contributed by atoms with Gasteiger partial charge in [-0.2, -0.15) is 0 Å². The van der Waals surface area contributed by atoms with Gasteiger partial charge in [-0.05, 0) is 50.5 Å². The molecule has 0 amide bonds. The summed E-state index contributed by atoms with van der Waals surface area (Å²) >= 11 is 0. The van der Waals surface area contributed by atoms with Crippen LogP contribution in [0.5, 0.6) is 0 Å². The molecule has 18 heavy (non-hydrogen) atoms. The van der Waals surface area contributed by atoms with Crippen molar-refractivity contribution in [3.05, 3.63) is 11.6 Å². The van der Waals surface area contributed by atoms with E-state index in [0.717, 1.165) is 37.7 Å². The highest BCUT2D eigenvalue weighted by Gasteiger charge is 2.65. The molecule has 3 heteroatoms. The Labute approximate surface area is 108 Å². The molecule has 3 fully saturated rings. The van der Waals surface area contributed by atoms with E-state index in [1.54, 1.807) is 6.08 Å². The van der Waals surface area contributed by atoms with E-state index >= 15 is 0 Å². The maximum Gasteiger partial charge on any atom is 0.330 e. The predicted molar refractivity (Wildman–Crippen MR) is 66.8 cm³/mol. The van der Waals surface area contributed by atoms with E-state index < -0.39 is 0 Å². The number of hydrogen-bond acceptors (Lipinski definition) is 3. The SMILES string of the molecule is CCOC(=O)/C=C1\CCCC12C(=O)[C@H]1CCC[C@H]12. The Morgan fingerprint density at radius 1 is 1.44 bits per heavy atom. The van der Waals surface area contributed by atoms with Gasteiger partial charge in [-0.1, -0.05) is 6.42 Å². The minimum Gasteiger partial charge on any atom is -0.463 e. The molecular formula is C15H20O3. The highest BCUT2D eigenvalue weighted by molar-refractivity contribution is 5.99. The van der Waals surface area contributed by atoms with Crippen molar-refractivity contribution in [2.24, 2.45) is 17.3 Å². The zero-order valence-electron chi connectivity index (χ0n) is 10.9. The number of allylic oxidation sites excluding steroid dienone is 1. The van der Waals surface area contributed by atoms with Crippen molar-refractivity contribution in [3.63, 3.8) is 0 Å². The van der Waals surface area contributed by atoms with Gasteiger partial charge in [-0.25, -0.2) is 4.79 Å². The van der Waals surface area contributed by atoms with E-state index in [4.69, 9.17) is 4.74 Å².